The molecule has 0 aliphatic carbocycles. The summed E-state index contributed by atoms with van der Waals surface area (Å²) in [6, 6.07) is 0. The van der Waals surface area contributed by atoms with Gasteiger partial charge in [-0.25, -0.2) is 0 Å². The molecule has 1 aliphatic heterocycles. The van der Waals surface area contributed by atoms with Crippen LogP contribution in [-0.4, -0.2) is 66.2 Å². The lowest BCUT2D eigenvalue weighted by Gasteiger charge is -2.36. The van der Waals surface area contributed by atoms with E-state index in [0.717, 1.165) is 0 Å². The fourth-order valence-electron chi connectivity index (χ4n) is 2.22. The number of nitrogens with two attached hydrogens (primary N) is 1. The Morgan fingerprint density at radius 2 is 2.00 bits per heavy atom. The van der Waals surface area contributed by atoms with Crippen LogP contribution in [0.3, 0.4) is 0 Å². The molecule has 0 bridgehead atoms. The van der Waals surface area contributed by atoms with Gasteiger partial charge in [-0.15, -0.1) is 0 Å². The smallest absolute Gasteiger partial charge is 0.400 e. The first-order valence-corrected chi connectivity index (χ1v) is 6.21. The lowest BCUT2D eigenvalue weighted by Crippen LogP contribution is -2.50. The Balaban J connectivity index is 2.64. The molecule has 1 heterocycles. The monoisotopic (exact) mass is 299 g/mol. The Labute approximate surface area is 115 Å². The van der Waals surface area contributed by atoms with Crippen LogP contribution in [0.15, 0.2) is 5.16 Å². The molecule has 1 rings (SSSR count). The van der Waals surface area contributed by atoms with Gasteiger partial charge >= 0.3 is 6.18 Å². The molecule has 0 saturated carbocycles. The summed E-state index contributed by atoms with van der Waals surface area (Å²) in [6.45, 7) is 0.352. The van der Waals surface area contributed by atoms with Crippen LogP contribution in [0.4, 0.5) is 13.2 Å². The summed E-state index contributed by atoms with van der Waals surface area (Å²) in [6.07, 6.45) is -3.86. The molecule has 0 aromatic heterocycles. The number of amidine groups is 1. The Morgan fingerprint density at radius 1 is 1.45 bits per heavy atom. The average Bonchev–Trinajstić information content (AvgIpc) is 2.34. The lowest BCUT2D eigenvalue weighted by atomic mass is 9.93. The number of nitrogens with zero attached hydrogens (tertiary/aromatic N) is 2. The quantitative estimate of drug-likeness (QED) is 0.295. The fraction of sp³-hybridized carbons (Fsp3) is 0.909. The van der Waals surface area contributed by atoms with E-state index in [1.807, 2.05) is 0 Å². The zero-order chi connectivity index (χ0) is 15.4. The topological polar surface area (TPSA) is 91.3 Å². The van der Waals surface area contributed by atoms with Crippen LogP contribution in [0.2, 0.25) is 0 Å². The maximum atomic E-state index is 12.8. The average molecular weight is 299 g/mol. The summed E-state index contributed by atoms with van der Waals surface area (Å²) >= 11 is 0. The first-order valence-electron chi connectivity index (χ1n) is 6.21. The van der Waals surface area contributed by atoms with E-state index >= 15 is 0 Å². The molecule has 0 aromatic carbocycles. The molecule has 1 fully saturated rings. The molecule has 4 N–H and O–H groups in total. The van der Waals surface area contributed by atoms with Crippen LogP contribution in [-0.2, 0) is 4.74 Å². The van der Waals surface area contributed by atoms with Crippen molar-refractivity contribution in [3.63, 3.8) is 0 Å². The van der Waals surface area contributed by atoms with Crippen molar-refractivity contribution in [1.29, 1.82) is 0 Å². The molecule has 0 radical (unpaired) electrons. The second-order valence-electron chi connectivity index (χ2n) is 5.15. The summed E-state index contributed by atoms with van der Waals surface area (Å²) in [5.41, 5.74) is 4.03. The van der Waals surface area contributed by atoms with Gasteiger partial charge in [0.05, 0.1) is 5.60 Å². The Bertz CT molecular complexity index is 344. The number of oxime groups is 1. The normalized spacial score (nSPS) is 22.0. The van der Waals surface area contributed by atoms with Crippen molar-refractivity contribution >= 4 is 5.84 Å². The number of hydrogen-bond acceptors (Lipinski definition) is 5. The van der Waals surface area contributed by atoms with Crippen molar-refractivity contribution in [3.05, 3.63) is 0 Å². The molecule has 6 nitrogen and oxygen atoms in total. The Kier molecular flexibility index (Phi) is 5.60. The van der Waals surface area contributed by atoms with Crippen molar-refractivity contribution in [2.24, 2.45) is 16.8 Å². The second kappa shape index (κ2) is 6.59. The molecule has 118 valence electrons. The maximum absolute atomic E-state index is 12.8. The van der Waals surface area contributed by atoms with Crippen LogP contribution < -0.4 is 5.73 Å². The van der Waals surface area contributed by atoms with Crippen molar-refractivity contribution in [2.75, 3.05) is 33.4 Å². The van der Waals surface area contributed by atoms with Gasteiger partial charge < -0.3 is 25.7 Å². The minimum Gasteiger partial charge on any atom is -0.409 e. The summed E-state index contributed by atoms with van der Waals surface area (Å²) in [5, 5.41) is 21.1. The molecule has 0 aromatic rings. The third-order valence-electron chi connectivity index (χ3n) is 3.35. The van der Waals surface area contributed by atoms with Crippen molar-refractivity contribution in [1.82, 2.24) is 4.90 Å². The highest BCUT2D eigenvalue weighted by Crippen LogP contribution is 2.28. The third-order valence-corrected chi connectivity index (χ3v) is 3.35. The third kappa shape index (κ3) is 4.80. The highest BCUT2D eigenvalue weighted by atomic mass is 19.4. The predicted molar refractivity (Wildman–Crippen MR) is 65.5 cm³/mol. The van der Waals surface area contributed by atoms with E-state index < -0.39 is 30.1 Å². The van der Waals surface area contributed by atoms with Crippen LogP contribution in [0.1, 0.15) is 12.8 Å². The van der Waals surface area contributed by atoms with Gasteiger partial charge in [0.25, 0.3) is 0 Å². The molecule has 0 amide bonds. The van der Waals surface area contributed by atoms with Crippen LogP contribution in [0.5, 0.6) is 0 Å². The van der Waals surface area contributed by atoms with E-state index in [1.165, 1.54) is 11.9 Å². The minimum atomic E-state index is -4.61. The van der Waals surface area contributed by atoms with Gasteiger partial charge in [-0.2, -0.15) is 13.2 Å². The molecular weight excluding hydrogens is 279 g/mol. The van der Waals surface area contributed by atoms with Gasteiger partial charge in [-0.3, -0.25) is 0 Å². The number of likely N-dealkylation sites (N-methyl/N-ethyl adjacent to an activating group) is 1. The summed E-state index contributed by atoms with van der Waals surface area (Å²) in [5.74, 6) is -2.95. The zero-order valence-electron chi connectivity index (χ0n) is 11.2. The second-order valence-corrected chi connectivity index (χ2v) is 5.15. The number of aliphatic hydroxyl groups is 1. The van der Waals surface area contributed by atoms with Crippen molar-refractivity contribution in [3.8, 4) is 0 Å². The van der Waals surface area contributed by atoms with Crippen LogP contribution >= 0.6 is 0 Å². The van der Waals surface area contributed by atoms with Crippen LogP contribution in [0.25, 0.3) is 0 Å². The van der Waals surface area contributed by atoms with Gasteiger partial charge in [0, 0.05) is 39.1 Å². The Morgan fingerprint density at radius 3 is 2.45 bits per heavy atom. The van der Waals surface area contributed by atoms with E-state index in [-0.39, 0.29) is 6.54 Å². The van der Waals surface area contributed by atoms with E-state index in [4.69, 9.17) is 15.7 Å². The molecular formula is C11H20F3N3O3. The first kappa shape index (κ1) is 17.0. The molecule has 0 spiro atoms. The van der Waals surface area contributed by atoms with Gasteiger partial charge in [0.1, 0.15) is 5.92 Å². The van der Waals surface area contributed by atoms with Crippen molar-refractivity contribution in [2.45, 2.75) is 24.6 Å². The first-order chi connectivity index (χ1) is 9.18. The van der Waals surface area contributed by atoms with E-state index in [9.17, 15) is 18.3 Å². The summed E-state index contributed by atoms with van der Waals surface area (Å²) in [7, 11) is 1.46. The molecule has 9 heteroatoms. The number of halogens is 3. The van der Waals surface area contributed by atoms with Gasteiger partial charge in [-0.1, -0.05) is 5.16 Å². The van der Waals surface area contributed by atoms with E-state index in [0.29, 0.717) is 26.1 Å². The highest BCUT2D eigenvalue weighted by Gasteiger charge is 2.44. The largest absolute Gasteiger partial charge is 0.409 e. The van der Waals surface area contributed by atoms with Crippen LogP contribution in [0, 0.1) is 5.92 Å². The van der Waals surface area contributed by atoms with E-state index in [2.05, 4.69) is 5.16 Å². The highest BCUT2D eigenvalue weighted by molar-refractivity contribution is 5.83. The maximum Gasteiger partial charge on any atom is 0.400 e. The molecule has 1 aliphatic rings. The summed E-state index contributed by atoms with van der Waals surface area (Å²) in [4.78, 5) is 1.33. The standard InChI is InChI=1S/C11H20F3N3O3/c1-17(7-10(18)2-4-20-5-3-10)6-8(9(15)16-19)11(12,13)14/h8,18-19H,2-7H2,1H3,(H2,15,16). The molecule has 1 saturated heterocycles. The van der Waals surface area contributed by atoms with E-state index in [1.54, 1.807) is 0 Å². The van der Waals surface area contributed by atoms with Gasteiger partial charge in [0.2, 0.25) is 0 Å². The number of ether oxygens (including phenoxy) is 1. The summed E-state index contributed by atoms with van der Waals surface area (Å²) < 4.78 is 43.5. The molecule has 1 atom stereocenters. The number of hydrogen-bond donors (Lipinski definition) is 3. The fourth-order valence-corrected chi connectivity index (χ4v) is 2.22. The zero-order valence-corrected chi connectivity index (χ0v) is 11.2. The van der Waals surface area contributed by atoms with Gasteiger partial charge in [0.15, 0.2) is 5.84 Å². The van der Waals surface area contributed by atoms with Crippen molar-refractivity contribution < 1.29 is 28.2 Å². The Hall–Kier alpha value is -1.06. The number of alkyl halides is 3. The minimum absolute atomic E-state index is 0.0711. The SMILES string of the molecule is CN(CC(C(N)=NO)C(F)(F)F)CC1(O)CCOCC1. The predicted octanol–water partition coefficient (Wildman–Crippen LogP) is 0.385. The lowest BCUT2D eigenvalue weighted by molar-refractivity contribution is -0.162. The number of rotatable bonds is 5. The molecule has 20 heavy (non-hydrogen) atoms. The van der Waals surface area contributed by atoms with Gasteiger partial charge in [-0.05, 0) is 7.05 Å². The molecule has 1 unspecified atom stereocenters.